The second-order valence-electron chi connectivity index (χ2n) is 8.20. The first-order valence-corrected chi connectivity index (χ1v) is 9.04. The van der Waals surface area contributed by atoms with Crippen LogP contribution in [0.5, 0.6) is 0 Å². The quantitative estimate of drug-likeness (QED) is 0.860. The highest BCUT2D eigenvalue weighted by Gasteiger charge is 2.37. The largest absolute Gasteiger partial charge is 0.444 e. The lowest BCUT2D eigenvalue weighted by Gasteiger charge is -2.41. The summed E-state index contributed by atoms with van der Waals surface area (Å²) in [4.78, 5) is 13.9. The Bertz CT molecular complexity index is 377. The maximum Gasteiger partial charge on any atom is 0.410 e. The van der Waals surface area contributed by atoms with Gasteiger partial charge in [-0.3, -0.25) is 0 Å². The van der Waals surface area contributed by atoms with E-state index in [4.69, 9.17) is 9.47 Å². The van der Waals surface area contributed by atoms with Crippen LogP contribution in [0.2, 0.25) is 0 Å². The van der Waals surface area contributed by atoms with Crippen molar-refractivity contribution in [2.75, 3.05) is 26.3 Å². The summed E-state index contributed by atoms with van der Waals surface area (Å²) >= 11 is 0. The van der Waals surface area contributed by atoms with E-state index < -0.39 is 5.60 Å². The monoisotopic (exact) mass is 327 g/mol. The number of piperidine rings is 1. The van der Waals surface area contributed by atoms with Crippen LogP contribution in [0.25, 0.3) is 0 Å². The Morgan fingerprint density at radius 2 is 1.78 bits per heavy atom. The van der Waals surface area contributed by atoms with Crippen LogP contribution in [0, 0.1) is 5.41 Å². The fourth-order valence-corrected chi connectivity index (χ4v) is 3.36. The maximum atomic E-state index is 12.1. The number of carbonyl (C=O) groups excluding carboxylic acids is 1. The van der Waals surface area contributed by atoms with Gasteiger partial charge >= 0.3 is 6.09 Å². The Balaban J connectivity index is 1.80. The van der Waals surface area contributed by atoms with E-state index in [1.54, 1.807) is 4.90 Å². The highest BCUT2D eigenvalue weighted by molar-refractivity contribution is 5.68. The molecule has 2 aliphatic rings. The van der Waals surface area contributed by atoms with Crippen LogP contribution in [0.15, 0.2) is 0 Å². The third kappa shape index (κ3) is 5.64. The van der Waals surface area contributed by atoms with Crippen molar-refractivity contribution in [2.24, 2.45) is 5.41 Å². The van der Waals surface area contributed by atoms with Gasteiger partial charge in [-0.1, -0.05) is 19.3 Å². The van der Waals surface area contributed by atoms with E-state index in [0.717, 1.165) is 25.7 Å². The summed E-state index contributed by atoms with van der Waals surface area (Å²) in [5.41, 5.74) is -0.664. The van der Waals surface area contributed by atoms with Crippen LogP contribution in [0.1, 0.15) is 65.7 Å². The van der Waals surface area contributed by atoms with Crippen LogP contribution >= 0.6 is 0 Å². The predicted octanol–water partition coefficient (Wildman–Crippen LogP) is 3.35. The molecule has 1 aliphatic heterocycles. The topological polar surface area (TPSA) is 59.0 Å². The van der Waals surface area contributed by atoms with E-state index in [1.807, 2.05) is 20.8 Å². The Kier molecular flexibility index (Phi) is 6.32. The molecule has 2 rings (SSSR count). The number of carbonyl (C=O) groups is 1. The first kappa shape index (κ1) is 18.5. The number of likely N-dealkylation sites (tertiary alicyclic amines) is 1. The van der Waals surface area contributed by atoms with E-state index in [-0.39, 0.29) is 18.1 Å². The number of aliphatic hydroxyl groups excluding tert-OH is 1. The van der Waals surface area contributed by atoms with Gasteiger partial charge in [0.15, 0.2) is 0 Å². The molecule has 134 valence electrons. The molecular weight excluding hydrogens is 294 g/mol. The molecule has 1 saturated carbocycles. The number of hydrogen-bond donors (Lipinski definition) is 1. The number of amides is 1. The molecule has 5 heteroatoms. The van der Waals surface area contributed by atoms with Gasteiger partial charge in [-0.05, 0) is 46.5 Å². The second kappa shape index (κ2) is 7.84. The molecule has 23 heavy (non-hydrogen) atoms. The van der Waals surface area contributed by atoms with Crippen molar-refractivity contribution in [1.29, 1.82) is 0 Å². The first-order valence-electron chi connectivity index (χ1n) is 9.04. The van der Waals surface area contributed by atoms with Crippen molar-refractivity contribution in [3.05, 3.63) is 0 Å². The summed E-state index contributed by atoms with van der Waals surface area (Å²) in [6.45, 7) is 7.63. The molecule has 1 amide bonds. The Hall–Kier alpha value is -0.810. The van der Waals surface area contributed by atoms with Crippen molar-refractivity contribution in [2.45, 2.75) is 77.4 Å². The molecule has 0 aromatic carbocycles. The standard InChI is InChI=1S/C18H33NO4/c1-17(2,3)23-16(21)19-11-9-18(13-20,10-12-19)14-22-15-7-5-4-6-8-15/h15,20H,4-14H2,1-3H3. The number of aliphatic hydroxyl groups is 1. The highest BCUT2D eigenvalue weighted by Crippen LogP contribution is 2.33. The number of ether oxygens (including phenoxy) is 2. The lowest BCUT2D eigenvalue weighted by atomic mass is 9.80. The van der Waals surface area contributed by atoms with Crippen molar-refractivity contribution >= 4 is 6.09 Å². The van der Waals surface area contributed by atoms with E-state index in [1.165, 1.54) is 19.3 Å². The van der Waals surface area contributed by atoms with Crippen LogP contribution in [-0.4, -0.2) is 54.1 Å². The van der Waals surface area contributed by atoms with Crippen LogP contribution in [0.3, 0.4) is 0 Å². The molecule has 0 unspecified atom stereocenters. The Morgan fingerprint density at radius 3 is 2.30 bits per heavy atom. The molecule has 5 nitrogen and oxygen atoms in total. The van der Waals surface area contributed by atoms with Gasteiger partial charge in [0.25, 0.3) is 0 Å². The predicted molar refractivity (Wildman–Crippen MR) is 89.4 cm³/mol. The van der Waals surface area contributed by atoms with Gasteiger partial charge in [-0.2, -0.15) is 0 Å². The lowest BCUT2D eigenvalue weighted by Crippen LogP contribution is -2.48. The fourth-order valence-electron chi connectivity index (χ4n) is 3.36. The molecule has 0 aromatic rings. The summed E-state index contributed by atoms with van der Waals surface area (Å²) < 4.78 is 11.5. The first-order chi connectivity index (χ1) is 10.8. The zero-order chi connectivity index (χ0) is 16.9. The Labute approximate surface area is 140 Å². The average Bonchev–Trinajstić information content (AvgIpc) is 2.53. The third-order valence-corrected chi connectivity index (χ3v) is 4.99. The zero-order valence-corrected chi connectivity index (χ0v) is 15.0. The molecule has 2 fully saturated rings. The van der Waals surface area contributed by atoms with Crippen molar-refractivity contribution < 1.29 is 19.4 Å². The van der Waals surface area contributed by atoms with Gasteiger partial charge < -0.3 is 19.5 Å². The Morgan fingerprint density at radius 1 is 1.17 bits per heavy atom. The minimum atomic E-state index is -0.466. The van der Waals surface area contributed by atoms with E-state index in [0.29, 0.717) is 25.8 Å². The van der Waals surface area contributed by atoms with Gasteiger partial charge in [-0.25, -0.2) is 4.79 Å². The van der Waals surface area contributed by atoms with Gasteiger partial charge in [-0.15, -0.1) is 0 Å². The molecule has 0 spiro atoms. The fraction of sp³-hybridized carbons (Fsp3) is 0.944. The van der Waals surface area contributed by atoms with Gasteiger partial charge in [0.1, 0.15) is 5.60 Å². The van der Waals surface area contributed by atoms with Gasteiger partial charge in [0.2, 0.25) is 0 Å². The average molecular weight is 327 g/mol. The van der Waals surface area contributed by atoms with Crippen LogP contribution < -0.4 is 0 Å². The molecule has 0 atom stereocenters. The van der Waals surface area contributed by atoms with E-state index in [9.17, 15) is 9.90 Å². The minimum absolute atomic E-state index is 0.127. The summed E-state index contributed by atoms with van der Waals surface area (Å²) in [5.74, 6) is 0. The molecule has 0 bridgehead atoms. The molecule has 1 aliphatic carbocycles. The molecule has 1 N–H and O–H groups in total. The number of nitrogens with zero attached hydrogens (tertiary/aromatic N) is 1. The second-order valence-corrected chi connectivity index (χ2v) is 8.20. The van der Waals surface area contributed by atoms with Crippen LogP contribution in [-0.2, 0) is 9.47 Å². The SMILES string of the molecule is CC(C)(C)OC(=O)N1CCC(CO)(COC2CCCCC2)CC1. The highest BCUT2D eigenvalue weighted by atomic mass is 16.6. The van der Waals surface area contributed by atoms with Crippen molar-refractivity contribution in [3.63, 3.8) is 0 Å². The molecule has 0 aromatic heterocycles. The molecule has 1 heterocycles. The summed E-state index contributed by atoms with van der Waals surface area (Å²) in [6, 6.07) is 0. The smallest absolute Gasteiger partial charge is 0.410 e. The molecule has 1 saturated heterocycles. The lowest BCUT2D eigenvalue weighted by molar-refractivity contribution is -0.0703. The molecule has 0 radical (unpaired) electrons. The zero-order valence-electron chi connectivity index (χ0n) is 15.0. The van der Waals surface area contributed by atoms with Gasteiger partial charge in [0.05, 0.1) is 19.3 Å². The maximum absolute atomic E-state index is 12.1. The van der Waals surface area contributed by atoms with Gasteiger partial charge in [0, 0.05) is 18.5 Å². The van der Waals surface area contributed by atoms with E-state index in [2.05, 4.69) is 0 Å². The number of hydrogen-bond acceptors (Lipinski definition) is 4. The summed E-state index contributed by atoms with van der Waals surface area (Å²) in [6.07, 6.45) is 7.76. The summed E-state index contributed by atoms with van der Waals surface area (Å²) in [7, 11) is 0. The third-order valence-electron chi connectivity index (χ3n) is 4.99. The van der Waals surface area contributed by atoms with E-state index >= 15 is 0 Å². The number of rotatable bonds is 4. The summed E-state index contributed by atoms with van der Waals surface area (Å²) in [5, 5.41) is 9.87. The molecular formula is C18H33NO4. The van der Waals surface area contributed by atoms with Crippen molar-refractivity contribution in [1.82, 2.24) is 4.90 Å². The minimum Gasteiger partial charge on any atom is -0.444 e. The van der Waals surface area contributed by atoms with Crippen LogP contribution in [0.4, 0.5) is 4.79 Å². The van der Waals surface area contributed by atoms with Crippen molar-refractivity contribution in [3.8, 4) is 0 Å². The normalized spacial score (nSPS) is 22.9.